The largest absolute Gasteiger partial charge is 0.450 e. The molecule has 24 heavy (non-hydrogen) atoms. The van der Waals surface area contributed by atoms with Gasteiger partial charge in [-0.05, 0) is 25.7 Å². The van der Waals surface area contributed by atoms with Gasteiger partial charge in [-0.3, -0.25) is 0 Å². The number of carbonyl (C=O) groups is 1. The molecule has 0 N–H and O–H groups in total. The van der Waals surface area contributed by atoms with Gasteiger partial charge in [0.2, 0.25) is 5.95 Å². The number of anilines is 2. The lowest BCUT2D eigenvalue weighted by molar-refractivity contribution is 0.105. The number of hydrogen-bond donors (Lipinski definition) is 0. The van der Waals surface area contributed by atoms with Crippen LogP contribution < -0.4 is 9.80 Å². The second-order valence-electron chi connectivity index (χ2n) is 6.48. The van der Waals surface area contributed by atoms with E-state index in [1.807, 2.05) is 6.92 Å². The number of carbonyl (C=O) groups excluding carboxylic acids is 1. The Bertz CT molecular complexity index is 561. The monoisotopic (exact) mass is 334 g/mol. The van der Waals surface area contributed by atoms with Crippen LogP contribution in [-0.4, -0.2) is 72.0 Å². The highest BCUT2D eigenvalue weighted by Gasteiger charge is 2.25. The first-order chi connectivity index (χ1) is 11.7. The highest BCUT2D eigenvalue weighted by Crippen LogP contribution is 2.22. The van der Waals surface area contributed by atoms with Crippen molar-refractivity contribution in [1.29, 1.82) is 0 Å². The zero-order valence-electron chi connectivity index (χ0n) is 14.5. The minimum atomic E-state index is -0.243. The molecule has 0 saturated carbocycles. The van der Waals surface area contributed by atoms with E-state index in [0.717, 1.165) is 18.9 Å². The van der Waals surface area contributed by atoms with Crippen LogP contribution in [0.4, 0.5) is 16.6 Å². The van der Waals surface area contributed by atoms with Crippen LogP contribution in [0.3, 0.4) is 0 Å². The molecule has 0 aromatic carbocycles. The average molecular weight is 334 g/mol. The minimum Gasteiger partial charge on any atom is -0.450 e. The summed E-state index contributed by atoms with van der Waals surface area (Å²) in [6.07, 6.45) is 3.97. The summed E-state index contributed by atoms with van der Waals surface area (Å²) in [5.41, 5.74) is 0. The van der Waals surface area contributed by atoms with Crippen LogP contribution in [0.15, 0.2) is 6.20 Å². The lowest BCUT2D eigenvalue weighted by Crippen LogP contribution is -2.49. The fourth-order valence-corrected chi connectivity index (χ4v) is 3.27. The van der Waals surface area contributed by atoms with Crippen LogP contribution in [0.25, 0.3) is 0 Å². The van der Waals surface area contributed by atoms with Crippen molar-refractivity contribution < 1.29 is 9.53 Å². The molecular weight excluding hydrogens is 308 g/mol. The van der Waals surface area contributed by atoms with Crippen molar-refractivity contribution in [2.45, 2.75) is 26.7 Å². The summed E-state index contributed by atoms with van der Waals surface area (Å²) in [5, 5.41) is 8.33. The van der Waals surface area contributed by atoms with Gasteiger partial charge in [-0.1, -0.05) is 6.92 Å². The van der Waals surface area contributed by atoms with E-state index in [4.69, 9.17) is 9.72 Å². The molecule has 0 radical (unpaired) electrons. The Balaban J connectivity index is 1.62. The summed E-state index contributed by atoms with van der Waals surface area (Å²) in [6.45, 7) is 9.17. The summed E-state index contributed by atoms with van der Waals surface area (Å²) in [7, 11) is 0. The van der Waals surface area contributed by atoms with Crippen LogP contribution in [0.5, 0.6) is 0 Å². The standard InChI is InChI=1S/C16H26N6O2/c1-3-24-16(23)21-9-7-20(8-10-21)15-18-14(11-17-19-15)22-6-4-5-13(2)12-22/h11,13H,3-10,12H2,1-2H3. The second-order valence-corrected chi connectivity index (χ2v) is 6.48. The van der Waals surface area contributed by atoms with Gasteiger partial charge in [-0.25, -0.2) is 4.79 Å². The molecule has 0 spiro atoms. The Labute approximate surface area is 142 Å². The number of aromatic nitrogens is 3. The summed E-state index contributed by atoms with van der Waals surface area (Å²) in [5.74, 6) is 2.24. The lowest BCUT2D eigenvalue weighted by Gasteiger charge is -2.35. The molecule has 1 amide bonds. The van der Waals surface area contributed by atoms with Crippen molar-refractivity contribution in [3.05, 3.63) is 6.20 Å². The van der Waals surface area contributed by atoms with Gasteiger partial charge >= 0.3 is 6.09 Å². The Morgan fingerprint density at radius 3 is 2.75 bits per heavy atom. The predicted octanol–water partition coefficient (Wildman–Crippen LogP) is 1.39. The van der Waals surface area contributed by atoms with Gasteiger partial charge in [-0.15, -0.1) is 5.10 Å². The quantitative estimate of drug-likeness (QED) is 0.827. The molecule has 0 bridgehead atoms. The third kappa shape index (κ3) is 3.85. The van der Waals surface area contributed by atoms with Crippen LogP contribution >= 0.6 is 0 Å². The molecule has 1 atom stereocenters. The van der Waals surface area contributed by atoms with E-state index in [2.05, 4.69) is 26.9 Å². The summed E-state index contributed by atoms with van der Waals surface area (Å²) >= 11 is 0. The average Bonchev–Trinajstić information content (AvgIpc) is 2.62. The van der Waals surface area contributed by atoms with E-state index in [-0.39, 0.29) is 6.09 Å². The van der Waals surface area contributed by atoms with Crippen molar-refractivity contribution in [2.75, 3.05) is 55.7 Å². The SMILES string of the molecule is CCOC(=O)N1CCN(c2nncc(N3CCCC(C)C3)n2)CC1. The van der Waals surface area contributed by atoms with Gasteiger partial charge < -0.3 is 19.4 Å². The number of piperazine rings is 1. The topological polar surface area (TPSA) is 74.7 Å². The highest BCUT2D eigenvalue weighted by atomic mass is 16.6. The maximum atomic E-state index is 11.8. The van der Waals surface area contributed by atoms with Crippen molar-refractivity contribution in [2.24, 2.45) is 5.92 Å². The van der Waals surface area contributed by atoms with Crippen LogP contribution in [0, 0.1) is 5.92 Å². The fourth-order valence-electron chi connectivity index (χ4n) is 3.27. The lowest BCUT2D eigenvalue weighted by atomic mass is 10.0. The van der Waals surface area contributed by atoms with Crippen molar-refractivity contribution >= 4 is 17.9 Å². The number of amides is 1. The molecule has 3 rings (SSSR count). The zero-order chi connectivity index (χ0) is 16.9. The molecule has 2 aliphatic rings. The first kappa shape index (κ1) is 16.7. The maximum Gasteiger partial charge on any atom is 0.409 e. The Kier molecular flexibility index (Phi) is 5.32. The molecule has 8 heteroatoms. The normalized spacial score (nSPS) is 21.8. The van der Waals surface area contributed by atoms with E-state index in [9.17, 15) is 4.79 Å². The van der Waals surface area contributed by atoms with Gasteiger partial charge in [0, 0.05) is 39.3 Å². The Hall–Kier alpha value is -2.12. The zero-order valence-corrected chi connectivity index (χ0v) is 14.5. The summed E-state index contributed by atoms with van der Waals surface area (Å²) < 4.78 is 5.05. The first-order valence-electron chi connectivity index (χ1n) is 8.78. The van der Waals surface area contributed by atoms with E-state index < -0.39 is 0 Å². The second kappa shape index (κ2) is 7.63. The highest BCUT2D eigenvalue weighted by molar-refractivity contribution is 5.68. The molecule has 0 aliphatic carbocycles. The van der Waals surface area contributed by atoms with Gasteiger partial charge in [0.05, 0.1) is 12.8 Å². The van der Waals surface area contributed by atoms with Gasteiger partial charge in [0.25, 0.3) is 0 Å². The maximum absolute atomic E-state index is 11.8. The van der Waals surface area contributed by atoms with Crippen LogP contribution in [0.1, 0.15) is 26.7 Å². The smallest absolute Gasteiger partial charge is 0.409 e. The predicted molar refractivity (Wildman–Crippen MR) is 91.2 cm³/mol. The van der Waals surface area contributed by atoms with E-state index in [1.54, 1.807) is 11.1 Å². The van der Waals surface area contributed by atoms with Crippen LogP contribution in [0.2, 0.25) is 0 Å². The number of nitrogens with zero attached hydrogens (tertiary/aromatic N) is 6. The minimum absolute atomic E-state index is 0.243. The van der Waals surface area contributed by atoms with Gasteiger partial charge in [0.1, 0.15) is 0 Å². The third-order valence-electron chi connectivity index (χ3n) is 4.60. The number of ether oxygens (including phenoxy) is 1. The first-order valence-corrected chi connectivity index (χ1v) is 8.78. The molecule has 2 saturated heterocycles. The molecule has 1 unspecified atom stereocenters. The molecule has 1 aromatic heterocycles. The fraction of sp³-hybridized carbons (Fsp3) is 0.750. The van der Waals surface area contributed by atoms with Gasteiger partial charge in [-0.2, -0.15) is 10.1 Å². The van der Waals surface area contributed by atoms with E-state index in [0.29, 0.717) is 44.7 Å². The van der Waals surface area contributed by atoms with E-state index in [1.165, 1.54) is 12.8 Å². The van der Waals surface area contributed by atoms with Crippen LogP contribution in [-0.2, 0) is 4.74 Å². The molecule has 2 fully saturated rings. The Morgan fingerprint density at radius 1 is 1.25 bits per heavy atom. The van der Waals surface area contributed by atoms with Crippen molar-refractivity contribution in [3.63, 3.8) is 0 Å². The molecule has 1 aromatic rings. The molecule has 3 heterocycles. The van der Waals surface area contributed by atoms with Crippen molar-refractivity contribution in [3.8, 4) is 0 Å². The Morgan fingerprint density at radius 2 is 2.04 bits per heavy atom. The number of piperidine rings is 1. The molecular formula is C16H26N6O2. The number of rotatable bonds is 3. The van der Waals surface area contributed by atoms with Crippen molar-refractivity contribution in [1.82, 2.24) is 20.1 Å². The van der Waals surface area contributed by atoms with E-state index >= 15 is 0 Å². The summed E-state index contributed by atoms with van der Waals surface area (Å²) in [6, 6.07) is 0. The van der Waals surface area contributed by atoms with Gasteiger partial charge in [0.15, 0.2) is 5.82 Å². The molecule has 132 valence electrons. The third-order valence-corrected chi connectivity index (χ3v) is 4.60. The molecule has 8 nitrogen and oxygen atoms in total. The summed E-state index contributed by atoms with van der Waals surface area (Å²) in [4.78, 5) is 22.6. The number of hydrogen-bond acceptors (Lipinski definition) is 7. The molecule has 2 aliphatic heterocycles.